The van der Waals surface area contributed by atoms with Crippen molar-refractivity contribution in [1.82, 2.24) is 4.98 Å². The number of hydrogen-bond acceptors (Lipinski definition) is 3. The van der Waals surface area contributed by atoms with Crippen molar-refractivity contribution >= 4 is 17.0 Å². The van der Waals surface area contributed by atoms with Gasteiger partial charge in [0, 0.05) is 24.0 Å². The Morgan fingerprint density at radius 2 is 2.19 bits per heavy atom. The third-order valence-corrected chi connectivity index (χ3v) is 3.22. The Hall–Kier alpha value is -1.42. The summed E-state index contributed by atoms with van der Waals surface area (Å²) in [7, 11) is 0. The van der Waals surface area contributed by atoms with Gasteiger partial charge in [0.2, 0.25) is 0 Å². The minimum Gasteiger partial charge on any atom is -0.382 e. The van der Waals surface area contributed by atoms with Gasteiger partial charge in [-0.2, -0.15) is 0 Å². The zero-order valence-electron chi connectivity index (χ0n) is 9.03. The first kappa shape index (κ1) is 11.1. The van der Waals surface area contributed by atoms with Crippen LogP contribution in [0.3, 0.4) is 0 Å². The Bertz CT molecular complexity index is 468. The number of thiazole rings is 1. The zero-order chi connectivity index (χ0) is 11.4. The van der Waals surface area contributed by atoms with E-state index in [0.29, 0.717) is 12.2 Å². The first-order valence-corrected chi connectivity index (χ1v) is 6.03. The van der Waals surface area contributed by atoms with Gasteiger partial charge < -0.3 is 5.32 Å². The van der Waals surface area contributed by atoms with E-state index in [1.807, 2.05) is 18.4 Å². The first-order chi connectivity index (χ1) is 7.75. The average molecular weight is 236 g/mol. The van der Waals surface area contributed by atoms with Crippen LogP contribution in [-0.2, 0) is 6.42 Å². The van der Waals surface area contributed by atoms with Crippen LogP contribution < -0.4 is 5.32 Å². The van der Waals surface area contributed by atoms with Crippen LogP contribution in [0.4, 0.5) is 10.1 Å². The highest BCUT2D eigenvalue weighted by atomic mass is 32.1. The SMILES string of the molecule is Cc1csc(CCNc2ccccc2F)n1. The second-order valence-corrected chi connectivity index (χ2v) is 4.48. The third kappa shape index (κ3) is 2.79. The second-order valence-electron chi connectivity index (χ2n) is 3.54. The molecule has 0 amide bonds. The van der Waals surface area contributed by atoms with Crippen molar-refractivity contribution in [2.75, 3.05) is 11.9 Å². The van der Waals surface area contributed by atoms with Gasteiger partial charge in [0.15, 0.2) is 0 Å². The molecule has 0 unspecified atom stereocenters. The normalized spacial score (nSPS) is 10.4. The molecule has 0 aliphatic carbocycles. The quantitative estimate of drug-likeness (QED) is 0.881. The Kier molecular flexibility index (Phi) is 3.51. The molecule has 84 valence electrons. The number of aryl methyl sites for hydroxylation is 1. The molecule has 4 heteroatoms. The van der Waals surface area contributed by atoms with Gasteiger partial charge in [-0.3, -0.25) is 0 Å². The molecule has 0 saturated heterocycles. The standard InChI is InChI=1S/C12H13FN2S/c1-9-8-16-12(15-9)6-7-14-11-5-3-2-4-10(11)13/h2-5,8,14H,6-7H2,1H3. The number of nitrogens with zero attached hydrogens (tertiary/aromatic N) is 1. The van der Waals surface area contributed by atoms with Crippen LogP contribution in [0.25, 0.3) is 0 Å². The Morgan fingerprint density at radius 1 is 1.38 bits per heavy atom. The number of halogens is 1. The predicted molar refractivity (Wildman–Crippen MR) is 65.4 cm³/mol. The van der Waals surface area contributed by atoms with Gasteiger partial charge >= 0.3 is 0 Å². The zero-order valence-corrected chi connectivity index (χ0v) is 9.85. The number of aromatic nitrogens is 1. The van der Waals surface area contributed by atoms with Crippen LogP contribution >= 0.6 is 11.3 Å². The van der Waals surface area contributed by atoms with E-state index < -0.39 is 0 Å². The van der Waals surface area contributed by atoms with Gasteiger partial charge in [-0.15, -0.1) is 11.3 Å². The molecule has 0 fully saturated rings. The molecule has 2 aromatic rings. The predicted octanol–water partition coefficient (Wildman–Crippen LogP) is 3.25. The van der Waals surface area contributed by atoms with Crippen LogP contribution in [0.5, 0.6) is 0 Å². The number of para-hydroxylation sites is 1. The number of rotatable bonds is 4. The summed E-state index contributed by atoms with van der Waals surface area (Å²) in [6.45, 7) is 2.68. The van der Waals surface area contributed by atoms with Crippen LogP contribution in [0.15, 0.2) is 29.6 Å². The number of hydrogen-bond donors (Lipinski definition) is 1. The molecule has 0 aliphatic heterocycles. The number of benzene rings is 1. The summed E-state index contributed by atoms with van der Waals surface area (Å²) < 4.78 is 13.2. The van der Waals surface area contributed by atoms with Crippen molar-refractivity contribution in [2.24, 2.45) is 0 Å². The smallest absolute Gasteiger partial charge is 0.146 e. The summed E-state index contributed by atoms with van der Waals surface area (Å²) in [5.74, 6) is -0.210. The summed E-state index contributed by atoms with van der Waals surface area (Å²) in [4.78, 5) is 4.35. The molecular formula is C12H13FN2S. The van der Waals surface area contributed by atoms with Crippen LogP contribution in [0, 0.1) is 12.7 Å². The molecule has 0 atom stereocenters. The fraction of sp³-hybridized carbons (Fsp3) is 0.250. The first-order valence-electron chi connectivity index (χ1n) is 5.15. The molecule has 1 N–H and O–H groups in total. The lowest BCUT2D eigenvalue weighted by Crippen LogP contribution is -2.05. The van der Waals surface area contributed by atoms with E-state index in [4.69, 9.17) is 0 Å². The molecule has 2 rings (SSSR count). The van der Waals surface area contributed by atoms with Crippen LogP contribution in [-0.4, -0.2) is 11.5 Å². The molecule has 16 heavy (non-hydrogen) atoms. The molecule has 1 heterocycles. The average Bonchev–Trinajstić information content (AvgIpc) is 2.67. The molecule has 1 aromatic heterocycles. The lowest BCUT2D eigenvalue weighted by atomic mass is 10.3. The van der Waals surface area contributed by atoms with Crippen LogP contribution in [0.1, 0.15) is 10.7 Å². The summed E-state index contributed by atoms with van der Waals surface area (Å²) in [6.07, 6.45) is 0.826. The van der Waals surface area contributed by atoms with E-state index in [-0.39, 0.29) is 5.82 Å². The summed E-state index contributed by atoms with van der Waals surface area (Å²) >= 11 is 1.64. The topological polar surface area (TPSA) is 24.9 Å². The maximum atomic E-state index is 13.2. The van der Waals surface area contributed by atoms with Crippen LogP contribution in [0.2, 0.25) is 0 Å². The highest BCUT2D eigenvalue weighted by molar-refractivity contribution is 7.09. The number of nitrogens with one attached hydrogen (secondary N) is 1. The fourth-order valence-corrected chi connectivity index (χ4v) is 2.20. The highest BCUT2D eigenvalue weighted by Crippen LogP contribution is 2.13. The minimum absolute atomic E-state index is 0.210. The van der Waals surface area contributed by atoms with E-state index in [0.717, 1.165) is 17.1 Å². The van der Waals surface area contributed by atoms with Gasteiger partial charge in [0.1, 0.15) is 5.82 Å². The maximum absolute atomic E-state index is 13.2. The summed E-state index contributed by atoms with van der Waals surface area (Å²) in [5.41, 5.74) is 1.60. The van der Waals surface area contributed by atoms with Crippen molar-refractivity contribution in [3.05, 3.63) is 46.2 Å². The molecule has 0 saturated carbocycles. The van der Waals surface area contributed by atoms with E-state index >= 15 is 0 Å². The van der Waals surface area contributed by atoms with Crippen molar-refractivity contribution in [3.8, 4) is 0 Å². The van der Waals surface area contributed by atoms with Crippen molar-refractivity contribution in [3.63, 3.8) is 0 Å². The van der Waals surface area contributed by atoms with Gasteiger partial charge in [-0.05, 0) is 19.1 Å². The Balaban J connectivity index is 1.87. The molecule has 1 aromatic carbocycles. The Labute approximate surface area is 98.2 Å². The Morgan fingerprint density at radius 3 is 2.88 bits per heavy atom. The molecule has 0 spiro atoms. The lowest BCUT2D eigenvalue weighted by Gasteiger charge is -2.05. The monoisotopic (exact) mass is 236 g/mol. The fourth-order valence-electron chi connectivity index (χ4n) is 1.43. The lowest BCUT2D eigenvalue weighted by molar-refractivity contribution is 0.630. The molecule has 0 aliphatic rings. The molecule has 0 bridgehead atoms. The van der Waals surface area contributed by atoms with Crippen molar-refractivity contribution in [2.45, 2.75) is 13.3 Å². The minimum atomic E-state index is -0.210. The van der Waals surface area contributed by atoms with Gasteiger partial charge in [0.05, 0.1) is 10.7 Å². The van der Waals surface area contributed by atoms with E-state index in [9.17, 15) is 4.39 Å². The van der Waals surface area contributed by atoms with E-state index in [1.165, 1.54) is 6.07 Å². The maximum Gasteiger partial charge on any atom is 0.146 e. The summed E-state index contributed by atoms with van der Waals surface area (Å²) in [5, 5.41) is 6.17. The third-order valence-electron chi connectivity index (χ3n) is 2.19. The molecular weight excluding hydrogens is 223 g/mol. The highest BCUT2D eigenvalue weighted by Gasteiger charge is 2.01. The molecule has 2 nitrogen and oxygen atoms in total. The van der Waals surface area contributed by atoms with E-state index in [2.05, 4.69) is 10.3 Å². The number of anilines is 1. The van der Waals surface area contributed by atoms with E-state index in [1.54, 1.807) is 23.5 Å². The van der Waals surface area contributed by atoms with Crippen molar-refractivity contribution < 1.29 is 4.39 Å². The molecule has 0 radical (unpaired) electrons. The summed E-state index contributed by atoms with van der Waals surface area (Å²) in [6, 6.07) is 6.70. The van der Waals surface area contributed by atoms with Crippen molar-refractivity contribution in [1.29, 1.82) is 0 Å². The van der Waals surface area contributed by atoms with Gasteiger partial charge in [-0.25, -0.2) is 9.37 Å². The second kappa shape index (κ2) is 5.07. The van der Waals surface area contributed by atoms with Gasteiger partial charge in [0.25, 0.3) is 0 Å². The van der Waals surface area contributed by atoms with Gasteiger partial charge in [-0.1, -0.05) is 12.1 Å². The largest absolute Gasteiger partial charge is 0.382 e.